The number of aliphatic hydroxyl groups is 1. The van der Waals surface area contributed by atoms with Crippen LogP contribution in [0.4, 0.5) is 0 Å². The Bertz CT molecular complexity index is 477. The minimum atomic E-state index is -1.31. The number of hydrogen-bond donors (Lipinski definition) is 2. The monoisotopic (exact) mass is 333 g/mol. The van der Waals surface area contributed by atoms with E-state index < -0.39 is 25.0 Å². The molecule has 116 valence electrons. The Kier molecular flexibility index (Phi) is 10.9. The molecule has 7 heteroatoms. The van der Waals surface area contributed by atoms with Crippen LogP contribution >= 0.6 is 0 Å². The molecule has 0 saturated heterocycles. The molecule has 0 fully saturated rings. The van der Waals surface area contributed by atoms with Crippen molar-refractivity contribution in [3.05, 3.63) is 29.8 Å². The summed E-state index contributed by atoms with van der Waals surface area (Å²) < 4.78 is 5.07. The van der Waals surface area contributed by atoms with Crippen LogP contribution in [-0.4, -0.2) is 36.7 Å². The molecule has 6 nitrogen and oxygen atoms in total. The largest absolute Gasteiger partial charge is 1.00 e. The van der Waals surface area contributed by atoms with Crippen molar-refractivity contribution >= 4 is 11.9 Å². The number of rotatable bonds is 8. The molecule has 22 heavy (non-hydrogen) atoms. The van der Waals surface area contributed by atoms with Crippen LogP contribution in [0.1, 0.15) is 31.2 Å². The summed E-state index contributed by atoms with van der Waals surface area (Å²) in [5.74, 6) is -0.904. The van der Waals surface area contributed by atoms with E-state index in [9.17, 15) is 14.7 Å². The van der Waals surface area contributed by atoms with Crippen molar-refractivity contribution in [3.63, 3.8) is 0 Å². The molecule has 1 aromatic carbocycles. The molecule has 1 rings (SSSR count). The van der Waals surface area contributed by atoms with E-state index in [-0.39, 0.29) is 69.6 Å². The Labute approximate surface area is 172 Å². The van der Waals surface area contributed by atoms with Crippen LogP contribution in [0.5, 0.6) is 5.75 Å². The maximum atomic E-state index is 11.8. The third-order valence-electron chi connectivity index (χ3n) is 3.17. The Morgan fingerprint density at radius 2 is 1.86 bits per heavy atom. The smallest absolute Gasteiger partial charge is 0.550 e. The number of benzene rings is 1. The normalized spacial score (nSPS) is 12.7. The molecule has 1 unspecified atom stereocenters. The summed E-state index contributed by atoms with van der Waals surface area (Å²) in [7, 11) is 1.58. The summed E-state index contributed by atoms with van der Waals surface area (Å²) in [4.78, 5) is 22.3. The quantitative estimate of drug-likeness (QED) is 0.489. The van der Waals surface area contributed by atoms with Gasteiger partial charge in [-0.15, -0.1) is 0 Å². The Hall–Kier alpha value is -0.444. The summed E-state index contributed by atoms with van der Waals surface area (Å²) in [6.45, 7) is 1.46. The van der Waals surface area contributed by atoms with Crippen molar-refractivity contribution in [3.8, 4) is 5.75 Å². The van der Waals surface area contributed by atoms with Gasteiger partial charge < -0.3 is 25.1 Å². The second-order valence-corrected chi connectivity index (χ2v) is 4.90. The van der Waals surface area contributed by atoms with Crippen molar-refractivity contribution in [2.75, 3.05) is 13.7 Å². The average Bonchev–Trinajstić information content (AvgIpc) is 2.45. The Morgan fingerprint density at radius 1 is 1.27 bits per heavy atom. The molecule has 0 aliphatic carbocycles. The third-order valence-corrected chi connectivity index (χ3v) is 3.17. The maximum absolute atomic E-state index is 11.8. The second kappa shape index (κ2) is 11.1. The first-order valence-corrected chi connectivity index (χ1v) is 6.70. The number of carboxylic acids is 1. The van der Waals surface area contributed by atoms with Gasteiger partial charge in [-0.25, -0.2) is 0 Å². The Morgan fingerprint density at radius 3 is 2.32 bits per heavy atom. The van der Waals surface area contributed by atoms with E-state index in [0.717, 1.165) is 11.3 Å². The molecular formula is C15H20KNO5. The summed E-state index contributed by atoms with van der Waals surface area (Å²) in [5, 5.41) is 22.0. The fourth-order valence-electron chi connectivity index (χ4n) is 1.98. The van der Waals surface area contributed by atoms with E-state index in [1.54, 1.807) is 7.11 Å². The van der Waals surface area contributed by atoms with E-state index in [1.807, 2.05) is 31.2 Å². The minimum Gasteiger partial charge on any atom is -0.550 e. The first-order valence-electron chi connectivity index (χ1n) is 6.70. The molecule has 0 aliphatic rings. The molecule has 0 bridgehead atoms. The van der Waals surface area contributed by atoms with Crippen molar-refractivity contribution in [2.24, 2.45) is 0 Å². The van der Waals surface area contributed by atoms with E-state index in [0.29, 0.717) is 0 Å². The van der Waals surface area contributed by atoms with Gasteiger partial charge in [-0.2, -0.15) is 0 Å². The van der Waals surface area contributed by atoms with E-state index >= 15 is 0 Å². The van der Waals surface area contributed by atoms with Crippen molar-refractivity contribution in [1.82, 2.24) is 5.32 Å². The molecule has 0 heterocycles. The van der Waals surface area contributed by atoms with Gasteiger partial charge in [0.2, 0.25) is 5.91 Å². The first kappa shape index (κ1) is 21.6. The molecule has 0 radical (unpaired) electrons. The summed E-state index contributed by atoms with van der Waals surface area (Å²) in [5.41, 5.74) is 0.978. The van der Waals surface area contributed by atoms with Gasteiger partial charge in [0.1, 0.15) is 5.75 Å². The van der Waals surface area contributed by atoms with E-state index in [4.69, 9.17) is 9.84 Å². The fourth-order valence-corrected chi connectivity index (χ4v) is 1.98. The van der Waals surface area contributed by atoms with Gasteiger partial charge in [0.05, 0.1) is 19.8 Å². The molecular weight excluding hydrogens is 313 g/mol. The predicted molar refractivity (Wildman–Crippen MR) is 74.7 cm³/mol. The number of aliphatic carboxylic acids is 1. The van der Waals surface area contributed by atoms with Crippen LogP contribution in [0.2, 0.25) is 0 Å². The maximum Gasteiger partial charge on any atom is 1.00 e. The van der Waals surface area contributed by atoms with Crippen LogP contribution in [0.15, 0.2) is 24.3 Å². The average molecular weight is 333 g/mol. The molecule has 1 aromatic rings. The number of carbonyl (C=O) groups is 2. The molecule has 0 saturated carbocycles. The zero-order valence-electron chi connectivity index (χ0n) is 13.2. The van der Waals surface area contributed by atoms with Gasteiger partial charge >= 0.3 is 51.4 Å². The SMILES string of the molecule is COc1ccc(C(C)CC(=O)N[C@H](CO)CC(=O)[O-])cc1.[K+]. The third kappa shape index (κ3) is 7.71. The molecule has 0 aliphatic heterocycles. The zero-order chi connectivity index (χ0) is 15.8. The van der Waals surface area contributed by atoms with E-state index in [2.05, 4.69) is 5.32 Å². The predicted octanol–water partition coefficient (Wildman–Crippen LogP) is -3.19. The number of hydrogen-bond acceptors (Lipinski definition) is 5. The number of nitrogens with one attached hydrogen (secondary N) is 1. The number of carboxylic acid groups (broad SMARTS) is 1. The topological polar surface area (TPSA) is 98.7 Å². The number of ether oxygens (including phenoxy) is 1. The molecule has 1 amide bonds. The van der Waals surface area contributed by atoms with E-state index in [1.165, 1.54) is 0 Å². The van der Waals surface area contributed by atoms with Crippen molar-refractivity contribution < 1.29 is 75.9 Å². The van der Waals surface area contributed by atoms with Crippen LogP contribution in [0.3, 0.4) is 0 Å². The standard InChI is InChI=1S/C15H21NO5.K/c1-10(11-3-5-13(21-2)6-4-11)7-14(18)16-12(9-17)8-15(19)20;/h3-6,10,12,17H,7-9H2,1-2H3,(H,16,18)(H,19,20);/q;+1/p-1/t10?,12-;/m0./s1. The molecule has 0 spiro atoms. The van der Waals surface area contributed by atoms with Crippen LogP contribution in [-0.2, 0) is 9.59 Å². The number of carbonyl (C=O) groups excluding carboxylic acids is 2. The van der Waals surface area contributed by atoms with Crippen LogP contribution in [0, 0.1) is 0 Å². The van der Waals surface area contributed by atoms with Gasteiger partial charge in [0.15, 0.2) is 0 Å². The van der Waals surface area contributed by atoms with Crippen LogP contribution < -0.4 is 66.5 Å². The molecule has 2 N–H and O–H groups in total. The molecule has 0 aromatic heterocycles. The van der Waals surface area contributed by atoms with Crippen LogP contribution in [0.25, 0.3) is 0 Å². The second-order valence-electron chi connectivity index (χ2n) is 4.90. The van der Waals surface area contributed by atoms with Crippen molar-refractivity contribution in [2.45, 2.75) is 31.7 Å². The zero-order valence-corrected chi connectivity index (χ0v) is 16.3. The number of amides is 1. The number of aliphatic hydroxyl groups excluding tert-OH is 1. The van der Waals surface area contributed by atoms with Crippen molar-refractivity contribution in [1.29, 1.82) is 0 Å². The van der Waals surface area contributed by atoms with Gasteiger partial charge in [-0.1, -0.05) is 19.1 Å². The van der Waals surface area contributed by atoms with Gasteiger partial charge in [0, 0.05) is 18.8 Å². The van der Waals surface area contributed by atoms with Gasteiger partial charge in [0.25, 0.3) is 0 Å². The number of methoxy groups -OCH3 is 1. The summed E-state index contributed by atoms with van der Waals surface area (Å²) >= 11 is 0. The first-order chi connectivity index (χ1) is 9.96. The summed E-state index contributed by atoms with van der Waals surface area (Å²) in [6, 6.07) is 6.57. The summed E-state index contributed by atoms with van der Waals surface area (Å²) in [6.07, 6.45) is -0.199. The van der Waals surface area contributed by atoms with Gasteiger partial charge in [-0.05, 0) is 23.6 Å². The minimum absolute atomic E-state index is 0. The molecule has 2 atom stereocenters. The fraction of sp³-hybridized carbons (Fsp3) is 0.467. The van der Waals surface area contributed by atoms with Gasteiger partial charge in [-0.3, -0.25) is 4.79 Å². The Balaban J connectivity index is 0.00000441.